The van der Waals surface area contributed by atoms with Crippen LogP contribution in [0.2, 0.25) is 5.28 Å². The Labute approximate surface area is 113 Å². The van der Waals surface area contributed by atoms with E-state index < -0.39 is 11.6 Å². The summed E-state index contributed by atoms with van der Waals surface area (Å²) in [5.74, 6) is -2.10. The highest BCUT2D eigenvalue weighted by Gasteiger charge is 2.15. The van der Waals surface area contributed by atoms with Crippen molar-refractivity contribution in [2.24, 2.45) is 0 Å². The molecule has 0 saturated carbocycles. The van der Waals surface area contributed by atoms with Crippen LogP contribution in [0.3, 0.4) is 0 Å². The van der Waals surface area contributed by atoms with Gasteiger partial charge >= 0.3 is 6.01 Å². The third-order valence-corrected chi connectivity index (χ3v) is 2.29. The summed E-state index contributed by atoms with van der Waals surface area (Å²) in [5.41, 5.74) is -0.0992. The molecule has 0 aliphatic heterocycles. The van der Waals surface area contributed by atoms with E-state index in [0.717, 1.165) is 6.07 Å². The molecule has 4 nitrogen and oxygen atoms in total. The van der Waals surface area contributed by atoms with Gasteiger partial charge in [0.25, 0.3) is 0 Å². The Balaban J connectivity index is 2.50. The highest BCUT2D eigenvalue weighted by molar-refractivity contribution is 6.28. The van der Waals surface area contributed by atoms with Gasteiger partial charge in [0.1, 0.15) is 0 Å². The molecule has 19 heavy (non-hydrogen) atoms. The number of benzene rings is 1. The van der Waals surface area contributed by atoms with E-state index in [1.807, 2.05) is 0 Å². The maximum Gasteiger partial charge on any atom is 0.321 e. The standard InChI is InChI=1S/C12H10ClF2N3O/c1-6(2)19-12-17-10(16-11(13)18-12)7-4-3-5-8(14)9(7)15/h3-6H,1-2H3. The van der Waals surface area contributed by atoms with Crippen LogP contribution in [-0.2, 0) is 0 Å². The lowest BCUT2D eigenvalue weighted by molar-refractivity contribution is 0.222. The first-order chi connectivity index (χ1) is 8.97. The van der Waals surface area contributed by atoms with Gasteiger partial charge in [-0.3, -0.25) is 0 Å². The van der Waals surface area contributed by atoms with Gasteiger partial charge in [0, 0.05) is 0 Å². The third kappa shape index (κ3) is 3.14. The van der Waals surface area contributed by atoms with Gasteiger partial charge in [0.15, 0.2) is 17.5 Å². The van der Waals surface area contributed by atoms with Crippen LogP contribution in [0.15, 0.2) is 18.2 Å². The Bertz CT molecular complexity index is 608. The first-order valence-electron chi connectivity index (χ1n) is 5.50. The fourth-order valence-electron chi connectivity index (χ4n) is 1.39. The predicted octanol–water partition coefficient (Wildman–Crippen LogP) is 3.26. The van der Waals surface area contributed by atoms with E-state index >= 15 is 0 Å². The lowest BCUT2D eigenvalue weighted by Gasteiger charge is -2.09. The number of nitrogens with zero attached hydrogens (tertiary/aromatic N) is 3. The molecule has 0 aliphatic rings. The summed E-state index contributed by atoms with van der Waals surface area (Å²) in [5, 5.41) is -0.149. The Morgan fingerprint density at radius 3 is 2.58 bits per heavy atom. The van der Waals surface area contributed by atoms with Crippen LogP contribution in [0.25, 0.3) is 11.4 Å². The number of hydrogen-bond donors (Lipinski definition) is 0. The molecule has 0 unspecified atom stereocenters. The predicted molar refractivity (Wildman–Crippen MR) is 66.0 cm³/mol. The van der Waals surface area contributed by atoms with Crippen molar-refractivity contribution in [1.82, 2.24) is 15.0 Å². The molecule has 0 radical (unpaired) electrons. The molecule has 2 aromatic rings. The fourth-order valence-corrected chi connectivity index (χ4v) is 1.54. The Morgan fingerprint density at radius 2 is 1.89 bits per heavy atom. The van der Waals surface area contributed by atoms with Gasteiger partial charge in [-0.25, -0.2) is 8.78 Å². The SMILES string of the molecule is CC(C)Oc1nc(Cl)nc(-c2cccc(F)c2F)n1. The van der Waals surface area contributed by atoms with Gasteiger partial charge in [-0.15, -0.1) is 0 Å². The molecule has 7 heteroatoms. The molecule has 1 heterocycles. The summed E-state index contributed by atoms with van der Waals surface area (Å²) in [6.07, 6.45) is -0.177. The highest BCUT2D eigenvalue weighted by Crippen LogP contribution is 2.23. The van der Waals surface area contributed by atoms with Crippen molar-refractivity contribution in [2.45, 2.75) is 20.0 Å². The Kier molecular flexibility index (Phi) is 3.90. The van der Waals surface area contributed by atoms with E-state index in [9.17, 15) is 8.78 Å². The number of aromatic nitrogens is 3. The summed E-state index contributed by atoms with van der Waals surface area (Å²) in [7, 11) is 0. The molecule has 0 amide bonds. The van der Waals surface area contributed by atoms with E-state index in [2.05, 4.69) is 15.0 Å². The zero-order valence-electron chi connectivity index (χ0n) is 10.2. The quantitative estimate of drug-likeness (QED) is 0.868. The molecule has 0 fully saturated rings. The summed E-state index contributed by atoms with van der Waals surface area (Å²) in [6.45, 7) is 3.56. The van der Waals surface area contributed by atoms with Crippen LogP contribution < -0.4 is 4.74 Å². The van der Waals surface area contributed by atoms with Gasteiger partial charge in [0.2, 0.25) is 5.28 Å². The molecule has 0 aliphatic carbocycles. The van der Waals surface area contributed by atoms with Crippen molar-refractivity contribution in [3.8, 4) is 17.4 Å². The van der Waals surface area contributed by atoms with E-state index in [0.29, 0.717) is 0 Å². The van der Waals surface area contributed by atoms with Crippen LogP contribution >= 0.6 is 11.6 Å². The second-order valence-corrected chi connectivity index (χ2v) is 4.32. The normalized spacial score (nSPS) is 10.8. The van der Waals surface area contributed by atoms with Crippen molar-refractivity contribution in [1.29, 1.82) is 0 Å². The Morgan fingerprint density at radius 1 is 1.16 bits per heavy atom. The average molecular weight is 286 g/mol. The monoisotopic (exact) mass is 285 g/mol. The topological polar surface area (TPSA) is 47.9 Å². The zero-order chi connectivity index (χ0) is 14.0. The maximum absolute atomic E-state index is 13.7. The van der Waals surface area contributed by atoms with Gasteiger partial charge in [0.05, 0.1) is 11.7 Å². The van der Waals surface area contributed by atoms with Gasteiger partial charge in [-0.05, 0) is 37.6 Å². The largest absolute Gasteiger partial charge is 0.461 e. The summed E-state index contributed by atoms with van der Waals surface area (Å²) < 4.78 is 32.1. The second-order valence-electron chi connectivity index (χ2n) is 3.98. The van der Waals surface area contributed by atoms with Crippen LogP contribution in [-0.4, -0.2) is 21.1 Å². The van der Waals surface area contributed by atoms with E-state index in [1.54, 1.807) is 13.8 Å². The maximum atomic E-state index is 13.7. The summed E-state index contributed by atoms with van der Waals surface area (Å²) >= 11 is 5.72. The van der Waals surface area contributed by atoms with Crippen molar-refractivity contribution < 1.29 is 13.5 Å². The molecule has 100 valence electrons. The van der Waals surface area contributed by atoms with Crippen molar-refractivity contribution in [2.75, 3.05) is 0 Å². The van der Waals surface area contributed by atoms with Crippen molar-refractivity contribution >= 4 is 11.6 Å². The molecule has 2 rings (SSSR count). The van der Waals surface area contributed by atoms with Crippen molar-refractivity contribution in [3.05, 3.63) is 35.1 Å². The van der Waals surface area contributed by atoms with Gasteiger partial charge < -0.3 is 4.74 Å². The smallest absolute Gasteiger partial charge is 0.321 e. The number of halogens is 3. The molecular formula is C12H10ClF2N3O. The minimum atomic E-state index is -1.04. The van der Waals surface area contributed by atoms with Crippen LogP contribution in [0.1, 0.15) is 13.8 Å². The van der Waals surface area contributed by atoms with Gasteiger partial charge in [-0.2, -0.15) is 15.0 Å². The molecule has 0 bridgehead atoms. The van der Waals surface area contributed by atoms with Gasteiger partial charge in [-0.1, -0.05) is 6.07 Å². The molecular weight excluding hydrogens is 276 g/mol. The van der Waals surface area contributed by atoms with Crippen molar-refractivity contribution in [3.63, 3.8) is 0 Å². The minimum absolute atomic E-state index is 0.0336. The number of rotatable bonds is 3. The van der Waals surface area contributed by atoms with Crippen LogP contribution in [0.5, 0.6) is 6.01 Å². The average Bonchev–Trinajstić information content (AvgIpc) is 2.31. The first kappa shape index (κ1) is 13.6. The molecule has 0 atom stereocenters. The minimum Gasteiger partial charge on any atom is -0.461 e. The summed E-state index contributed by atoms with van der Waals surface area (Å²) in [6, 6.07) is 3.68. The van der Waals surface area contributed by atoms with E-state index in [-0.39, 0.29) is 28.8 Å². The van der Waals surface area contributed by atoms with Crippen LogP contribution in [0, 0.1) is 11.6 Å². The Hall–Kier alpha value is -1.82. The molecule has 0 spiro atoms. The zero-order valence-corrected chi connectivity index (χ0v) is 10.9. The second kappa shape index (κ2) is 5.44. The lowest BCUT2D eigenvalue weighted by atomic mass is 10.2. The lowest BCUT2D eigenvalue weighted by Crippen LogP contribution is -2.10. The molecule has 0 N–H and O–H groups in total. The number of ether oxygens (including phenoxy) is 1. The molecule has 0 saturated heterocycles. The fraction of sp³-hybridized carbons (Fsp3) is 0.250. The van der Waals surface area contributed by atoms with Crippen LogP contribution in [0.4, 0.5) is 8.78 Å². The molecule has 1 aromatic heterocycles. The van der Waals surface area contributed by atoms with E-state index in [1.165, 1.54) is 12.1 Å². The highest BCUT2D eigenvalue weighted by atomic mass is 35.5. The first-order valence-corrected chi connectivity index (χ1v) is 5.88. The number of hydrogen-bond acceptors (Lipinski definition) is 4. The third-order valence-electron chi connectivity index (χ3n) is 2.12. The van der Waals surface area contributed by atoms with E-state index in [4.69, 9.17) is 16.3 Å². The molecule has 1 aromatic carbocycles. The summed E-state index contributed by atoms with van der Waals surface area (Å²) in [4.78, 5) is 11.4.